The van der Waals surface area contributed by atoms with Gasteiger partial charge in [-0.2, -0.15) is 0 Å². The molecule has 0 N–H and O–H groups in total. The van der Waals surface area contributed by atoms with Crippen LogP contribution in [0.4, 0.5) is 34.1 Å². The van der Waals surface area contributed by atoms with Crippen molar-refractivity contribution in [3.05, 3.63) is 194 Å². The second kappa shape index (κ2) is 13.7. The van der Waals surface area contributed by atoms with E-state index in [0.29, 0.717) is 0 Å². The highest BCUT2D eigenvalue weighted by molar-refractivity contribution is 7.29. The van der Waals surface area contributed by atoms with Gasteiger partial charge in [-0.1, -0.05) is 132 Å². The van der Waals surface area contributed by atoms with Gasteiger partial charge in [-0.15, -0.1) is 0 Å². The number of hydrogen-bond acceptors (Lipinski definition) is 6. The fraction of sp³-hybridized carbons (Fsp3) is 0. The first-order valence-electron chi connectivity index (χ1n) is 17.9. The molecule has 0 fully saturated rings. The van der Waals surface area contributed by atoms with Crippen molar-refractivity contribution in [3.8, 4) is 21.1 Å². The number of anilines is 6. The Morgan fingerprint density at radius 1 is 0.315 bits per heavy atom. The molecule has 0 aliphatic carbocycles. The molecule has 10 rings (SSSR count). The van der Waals surface area contributed by atoms with Crippen LogP contribution in [0.3, 0.4) is 0 Å². The molecule has 256 valence electrons. The maximum absolute atomic E-state index is 5.07. The van der Waals surface area contributed by atoms with Crippen LogP contribution in [0, 0.1) is 0 Å². The summed E-state index contributed by atoms with van der Waals surface area (Å²) in [6.45, 7) is 0. The molecule has 2 heterocycles. The Balaban J connectivity index is 0.944. The topological polar surface area (TPSA) is 32.3 Å². The normalized spacial score (nSPS) is 11.3. The van der Waals surface area contributed by atoms with Crippen LogP contribution in [-0.2, 0) is 0 Å². The van der Waals surface area contributed by atoms with E-state index < -0.39 is 0 Å². The molecule has 0 amide bonds. The summed E-state index contributed by atoms with van der Waals surface area (Å²) in [4.78, 5) is 16.7. The predicted octanol–water partition coefficient (Wildman–Crippen LogP) is 14.3. The van der Waals surface area contributed by atoms with E-state index in [4.69, 9.17) is 9.97 Å². The standard InChI is InChI=1S/C48H32N4S2/c1-3-17-37(18-4-1)51(43-23-11-15-33-13-7-9-21-41(33)43)39-29-25-35(26-30-39)45-49-47-48(53-45)50-46(54-47)36-27-31-40(32-28-36)52(38-19-5-2-6-20-38)44-24-12-16-34-14-8-10-22-42(34)44/h1-32H. The lowest BCUT2D eigenvalue weighted by molar-refractivity contribution is 1.30. The summed E-state index contributed by atoms with van der Waals surface area (Å²) in [5.74, 6) is 0. The molecule has 0 unspecified atom stereocenters. The maximum Gasteiger partial charge on any atom is 0.155 e. The summed E-state index contributed by atoms with van der Waals surface area (Å²) in [5.41, 5.74) is 8.87. The van der Waals surface area contributed by atoms with Crippen LogP contribution in [0.25, 0.3) is 52.3 Å². The molecule has 10 aromatic rings. The number of rotatable bonds is 8. The quantitative estimate of drug-likeness (QED) is 0.156. The van der Waals surface area contributed by atoms with Gasteiger partial charge in [0.1, 0.15) is 10.0 Å². The largest absolute Gasteiger partial charge is 0.310 e. The number of aromatic nitrogens is 2. The molecule has 6 heteroatoms. The fourth-order valence-corrected chi connectivity index (χ4v) is 9.26. The van der Waals surface area contributed by atoms with Crippen LogP contribution in [-0.4, -0.2) is 9.97 Å². The SMILES string of the molecule is c1ccc(N(c2ccc(-c3nc4sc(-c5ccc(N(c6ccccc6)c6cccc7ccccc67)cc5)nc4s3)cc2)c2cccc3ccccc23)cc1. The van der Waals surface area contributed by atoms with Gasteiger partial charge in [0.05, 0.1) is 11.4 Å². The smallest absolute Gasteiger partial charge is 0.155 e. The third-order valence-corrected chi connectivity index (χ3v) is 11.9. The van der Waals surface area contributed by atoms with Gasteiger partial charge >= 0.3 is 0 Å². The van der Waals surface area contributed by atoms with Gasteiger partial charge in [0.2, 0.25) is 0 Å². The van der Waals surface area contributed by atoms with Gasteiger partial charge in [0.25, 0.3) is 0 Å². The summed E-state index contributed by atoms with van der Waals surface area (Å²) in [6, 6.07) is 68.7. The second-order valence-electron chi connectivity index (χ2n) is 13.1. The molecule has 2 aromatic heterocycles. The molecule has 0 aliphatic heterocycles. The highest BCUT2D eigenvalue weighted by Crippen LogP contribution is 2.43. The fourth-order valence-electron chi connectivity index (χ4n) is 7.21. The summed E-state index contributed by atoms with van der Waals surface area (Å²) in [5, 5.41) is 6.80. The Morgan fingerprint density at radius 2 is 0.667 bits per heavy atom. The zero-order chi connectivity index (χ0) is 35.8. The molecular weight excluding hydrogens is 697 g/mol. The summed E-state index contributed by atoms with van der Waals surface area (Å²) in [6.07, 6.45) is 0. The molecule has 0 bridgehead atoms. The highest BCUT2D eigenvalue weighted by atomic mass is 32.1. The Hall–Kier alpha value is -6.60. The van der Waals surface area contributed by atoms with Gasteiger partial charge in [-0.05, 0) is 95.7 Å². The van der Waals surface area contributed by atoms with E-state index in [9.17, 15) is 0 Å². The number of benzene rings is 8. The monoisotopic (exact) mass is 728 g/mol. The Kier molecular flexibility index (Phi) is 8.17. The molecule has 0 saturated heterocycles. The average molecular weight is 729 g/mol. The third-order valence-electron chi connectivity index (χ3n) is 9.76. The highest BCUT2D eigenvalue weighted by Gasteiger charge is 2.19. The van der Waals surface area contributed by atoms with Crippen molar-refractivity contribution in [2.45, 2.75) is 0 Å². The van der Waals surface area contributed by atoms with Gasteiger partial charge in [-0.3, -0.25) is 0 Å². The van der Waals surface area contributed by atoms with Crippen LogP contribution < -0.4 is 9.80 Å². The first-order valence-corrected chi connectivity index (χ1v) is 19.5. The first kappa shape index (κ1) is 32.1. The van der Waals surface area contributed by atoms with Gasteiger partial charge in [0.15, 0.2) is 9.66 Å². The van der Waals surface area contributed by atoms with Crippen LogP contribution in [0.2, 0.25) is 0 Å². The minimum atomic E-state index is 0.960. The third kappa shape index (κ3) is 5.88. The lowest BCUT2D eigenvalue weighted by Gasteiger charge is -2.27. The van der Waals surface area contributed by atoms with Gasteiger partial charge < -0.3 is 9.80 Å². The van der Waals surface area contributed by atoms with Crippen molar-refractivity contribution in [2.75, 3.05) is 9.80 Å². The molecule has 0 aliphatic rings. The van der Waals surface area contributed by atoms with E-state index in [2.05, 4.69) is 204 Å². The maximum atomic E-state index is 5.07. The van der Waals surface area contributed by atoms with E-state index in [1.807, 2.05) is 0 Å². The van der Waals surface area contributed by atoms with Crippen LogP contribution in [0.5, 0.6) is 0 Å². The number of fused-ring (bicyclic) bond motifs is 3. The van der Waals surface area contributed by atoms with E-state index in [1.54, 1.807) is 22.7 Å². The van der Waals surface area contributed by atoms with Crippen molar-refractivity contribution in [1.82, 2.24) is 9.97 Å². The second-order valence-corrected chi connectivity index (χ2v) is 15.0. The first-order chi connectivity index (χ1) is 26.8. The molecule has 0 radical (unpaired) electrons. The van der Waals surface area contributed by atoms with E-state index >= 15 is 0 Å². The Bertz CT molecular complexity index is 2640. The molecule has 54 heavy (non-hydrogen) atoms. The molecular formula is C48H32N4S2. The molecule has 0 atom stereocenters. The summed E-state index contributed by atoms with van der Waals surface area (Å²) < 4.78 is 0. The lowest BCUT2D eigenvalue weighted by atomic mass is 10.1. The number of nitrogens with zero attached hydrogens (tertiary/aromatic N) is 4. The average Bonchev–Trinajstić information content (AvgIpc) is 3.83. The van der Waals surface area contributed by atoms with Gasteiger partial charge in [0, 0.05) is 44.6 Å². The van der Waals surface area contributed by atoms with Gasteiger partial charge in [-0.25, -0.2) is 9.97 Å². The van der Waals surface area contributed by atoms with E-state index in [-0.39, 0.29) is 0 Å². The van der Waals surface area contributed by atoms with E-state index in [0.717, 1.165) is 64.9 Å². The van der Waals surface area contributed by atoms with E-state index in [1.165, 1.54) is 21.5 Å². The Morgan fingerprint density at radius 3 is 1.09 bits per heavy atom. The summed E-state index contributed by atoms with van der Waals surface area (Å²) >= 11 is 3.29. The zero-order valence-electron chi connectivity index (χ0n) is 29.1. The number of thiazole rings is 2. The predicted molar refractivity (Wildman–Crippen MR) is 231 cm³/mol. The van der Waals surface area contributed by atoms with Crippen molar-refractivity contribution < 1.29 is 0 Å². The Labute approximate surface area is 321 Å². The molecule has 0 saturated carbocycles. The summed E-state index contributed by atoms with van der Waals surface area (Å²) in [7, 11) is 0. The number of hydrogen-bond donors (Lipinski definition) is 0. The van der Waals surface area contributed by atoms with Crippen molar-refractivity contribution in [3.63, 3.8) is 0 Å². The molecule has 4 nitrogen and oxygen atoms in total. The molecule has 0 spiro atoms. The lowest BCUT2D eigenvalue weighted by Crippen LogP contribution is -2.10. The van der Waals surface area contributed by atoms with Crippen LogP contribution in [0.1, 0.15) is 0 Å². The van der Waals surface area contributed by atoms with Crippen molar-refractivity contribution in [2.24, 2.45) is 0 Å². The minimum absolute atomic E-state index is 0.960. The zero-order valence-corrected chi connectivity index (χ0v) is 30.7. The van der Waals surface area contributed by atoms with Crippen LogP contribution >= 0.6 is 22.7 Å². The minimum Gasteiger partial charge on any atom is -0.310 e. The van der Waals surface area contributed by atoms with Crippen molar-refractivity contribution in [1.29, 1.82) is 0 Å². The number of para-hydroxylation sites is 2. The molecule has 8 aromatic carbocycles. The van der Waals surface area contributed by atoms with Crippen molar-refractivity contribution >= 4 is 88.0 Å². The van der Waals surface area contributed by atoms with Crippen LogP contribution in [0.15, 0.2) is 194 Å².